The van der Waals surface area contributed by atoms with E-state index >= 15 is 0 Å². The Hall–Kier alpha value is -2.08. The van der Waals surface area contributed by atoms with Crippen molar-refractivity contribution in [1.29, 1.82) is 0 Å². The zero-order valence-electron chi connectivity index (χ0n) is 12.9. The van der Waals surface area contributed by atoms with Crippen molar-refractivity contribution in [1.82, 2.24) is 25.3 Å². The highest BCUT2D eigenvalue weighted by Gasteiger charge is 2.18. The van der Waals surface area contributed by atoms with E-state index in [1.54, 1.807) is 18.6 Å². The van der Waals surface area contributed by atoms with E-state index in [0.29, 0.717) is 5.92 Å². The fourth-order valence-corrected chi connectivity index (χ4v) is 2.72. The van der Waals surface area contributed by atoms with Crippen LogP contribution in [0.15, 0.2) is 24.7 Å². The average Bonchev–Trinajstić information content (AvgIpc) is 2.56. The van der Waals surface area contributed by atoms with Crippen molar-refractivity contribution >= 4 is 5.82 Å². The first kappa shape index (κ1) is 14.8. The van der Waals surface area contributed by atoms with Crippen LogP contribution in [0.2, 0.25) is 0 Å². The van der Waals surface area contributed by atoms with Gasteiger partial charge in [-0.1, -0.05) is 0 Å². The number of nitrogens with one attached hydrogen (secondary N) is 2. The van der Waals surface area contributed by atoms with Crippen LogP contribution in [0.1, 0.15) is 36.0 Å². The van der Waals surface area contributed by atoms with Gasteiger partial charge in [0.05, 0.1) is 5.69 Å². The molecule has 2 N–H and O–H groups in total. The summed E-state index contributed by atoms with van der Waals surface area (Å²) >= 11 is 0. The lowest BCUT2D eigenvalue weighted by molar-refractivity contribution is 0.444. The first-order valence-corrected chi connectivity index (χ1v) is 7.86. The van der Waals surface area contributed by atoms with Crippen molar-refractivity contribution in [3.63, 3.8) is 0 Å². The Morgan fingerprint density at radius 3 is 2.86 bits per heavy atom. The molecule has 0 radical (unpaired) electrons. The lowest BCUT2D eigenvalue weighted by Crippen LogP contribution is -2.27. The van der Waals surface area contributed by atoms with E-state index in [9.17, 15) is 0 Å². The van der Waals surface area contributed by atoms with Crippen molar-refractivity contribution in [2.24, 2.45) is 0 Å². The van der Waals surface area contributed by atoms with Crippen LogP contribution in [0.3, 0.4) is 0 Å². The predicted octanol–water partition coefficient (Wildman–Crippen LogP) is 1.70. The van der Waals surface area contributed by atoms with Crippen LogP contribution in [0.4, 0.5) is 5.82 Å². The maximum atomic E-state index is 4.70. The number of nitrogens with zero attached hydrogens (tertiary/aromatic N) is 4. The lowest BCUT2D eigenvalue weighted by atomic mass is 9.97. The summed E-state index contributed by atoms with van der Waals surface area (Å²) in [6.07, 6.45) is 8.27. The highest BCUT2D eigenvalue weighted by Crippen LogP contribution is 2.23. The Morgan fingerprint density at radius 2 is 2.09 bits per heavy atom. The molecule has 1 saturated heterocycles. The van der Waals surface area contributed by atoms with Crippen LogP contribution in [0, 0.1) is 6.92 Å². The molecule has 1 aliphatic heterocycles. The molecule has 2 aromatic heterocycles. The maximum absolute atomic E-state index is 4.70. The third-order valence-corrected chi connectivity index (χ3v) is 3.88. The van der Waals surface area contributed by atoms with Gasteiger partial charge >= 0.3 is 0 Å². The first-order chi connectivity index (χ1) is 10.8. The molecule has 3 heterocycles. The maximum Gasteiger partial charge on any atom is 0.134 e. The van der Waals surface area contributed by atoms with E-state index in [-0.39, 0.29) is 0 Å². The van der Waals surface area contributed by atoms with Crippen molar-refractivity contribution in [2.45, 2.75) is 32.1 Å². The van der Waals surface area contributed by atoms with Crippen LogP contribution in [-0.4, -0.2) is 39.6 Å². The minimum atomic E-state index is 0.474. The molecule has 1 fully saturated rings. The third-order valence-electron chi connectivity index (χ3n) is 3.88. The van der Waals surface area contributed by atoms with Gasteiger partial charge in [-0.3, -0.25) is 9.97 Å². The van der Waals surface area contributed by atoms with Gasteiger partial charge in [-0.05, 0) is 32.9 Å². The minimum absolute atomic E-state index is 0.474. The Kier molecular flexibility index (Phi) is 4.90. The van der Waals surface area contributed by atoms with Gasteiger partial charge in [0.15, 0.2) is 0 Å². The fourth-order valence-electron chi connectivity index (χ4n) is 2.72. The number of aryl methyl sites for hydroxylation is 1. The summed E-state index contributed by atoms with van der Waals surface area (Å²) in [7, 11) is 0. The summed E-state index contributed by atoms with van der Waals surface area (Å²) in [5, 5.41) is 6.76. The molecule has 6 heteroatoms. The van der Waals surface area contributed by atoms with E-state index in [0.717, 1.165) is 61.9 Å². The normalized spacial score (nSPS) is 15.7. The quantitative estimate of drug-likeness (QED) is 0.875. The SMILES string of the molecule is Cc1cc(NCCc2cnccn2)nc(C2CCNCC2)n1. The van der Waals surface area contributed by atoms with Gasteiger partial charge in [-0.15, -0.1) is 0 Å². The second-order valence-corrected chi connectivity index (χ2v) is 5.65. The molecule has 1 aliphatic rings. The topological polar surface area (TPSA) is 75.6 Å². The van der Waals surface area contributed by atoms with Crippen molar-refractivity contribution in [2.75, 3.05) is 25.0 Å². The molecule has 0 spiro atoms. The summed E-state index contributed by atoms with van der Waals surface area (Å²) < 4.78 is 0. The smallest absolute Gasteiger partial charge is 0.134 e. The van der Waals surface area contributed by atoms with Gasteiger partial charge in [0.1, 0.15) is 11.6 Å². The molecule has 0 aliphatic carbocycles. The zero-order valence-corrected chi connectivity index (χ0v) is 12.9. The molecule has 3 rings (SSSR count). The van der Waals surface area contributed by atoms with Crippen LogP contribution in [-0.2, 0) is 6.42 Å². The van der Waals surface area contributed by atoms with Crippen LogP contribution >= 0.6 is 0 Å². The number of hydrogen-bond donors (Lipinski definition) is 2. The van der Waals surface area contributed by atoms with Gasteiger partial charge in [0.2, 0.25) is 0 Å². The summed E-state index contributed by atoms with van der Waals surface area (Å²) in [5.41, 5.74) is 2.00. The molecule has 0 atom stereocenters. The molecule has 22 heavy (non-hydrogen) atoms. The molecule has 6 nitrogen and oxygen atoms in total. The number of anilines is 1. The van der Waals surface area contributed by atoms with E-state index < -0.39 is 0 Å². The summed E-state index contributed by atoms with van der Waals surface area (Å²) in [6, 6.07) is 2.00. The molecular weight excluding hydrogens is 276 g/mol. The van der Waals surface area contributed by atoms with Gasteiger partial charge < -0.3 is 10.6 Å². The van der Waals surface area contributed by atoms with Gasteiger partial charge in [0.25, 0.3) is 0 Å². The van der Waals surface area contributed by atoms with Crippen LogP contribution in [0.25, 0.3) is 0 Å². The monoisotopic (exact) mass is 298 g/mol. The molecule has 0 amide bonds. The Bertz CT molecular complexity index is 595. The number of aromatic nitrogens is 4. The van der Waals surface area contributed by atoms with E-state index in [2.05, 4.69) is 25.6 Å². The van der Waals surface area contributed by atoms with E-state index in [1.807, 2.05) is 13.0 Å². The standard InChI is InChI=1S/C16H22N6/c1-12-10-15(20-7-4-14-11-18-8-9-19-14)22-16(21-12)13-2-5-17-6-3-13/h8-11,13,17H,2-7H2,1H3,(H,20,21,22). The first-order valence-electron chi connectivity index (χ1n) is 7.86. The molecular formula is C16H22N6. The Balaban J connectivity index is 1.62. The number of hydrogen-bond acceptors (Lipinski definition) is 6. The molecule has 0 saturated carbocycles. The van der Waals surface area contributed by atoms with Crippen molar-refractivity contribution in [3.05, 3.63) is 41.9 Å². The van der Waals surface area contributed by atoms with Gasteiger partial charge in [-0.25, -0.2) is 9.97 Å². The van der Waals surface area contributed by atoms with E-state index in [4.69, 9.17) is 4.98 Å². The predicted molar refractivity (Wildman–Crippen MR) is 85.8 cm³/mol. The second-order valence-electron chi connectivity index (χ2n) is 5.65. The largest absolute Gasteiger partial charge is 0.370 e. The highest BCUT2D eigenvalue weighted by atomic mass is 15.0. The average molecular weight is 298 g/mol. The van der Waals surface area contributed by atoms with Crippen molar-refractivity contribution < 1.29 is 0 Å². The molecule has 0 unspecified atom stereocenters. The zero-order chi connectivity index (χ0) is 15.2. The number of piperidine rings is 1. The van der Waals surface area contributed by atoms with Crippen LogP contribution in [0.5, 0.6) is 0 Å². The molecule has 2 aromatic rings. The van der Waals surface area contributed by atoms with Gasteiger partial charge in [0, 0.05) is 49.2 Å². The van der Waals surface area contributed by atoms with E-state index in [1.165, 1.54) is 0 Å². The third kappa shape index (κ3) is 3.98. The van der Waals surface area contributed by atoms with Crippen molar-refractivity contribution in [3.8, 4) is 0 Å². The second kappa shape index (κ2) is 7.26. The molecule has 0 aromatic carbocycles. The Morgan fingerprint density at radius 1 is 1.23 bits per heavy atom. The highest BCUT2D eigenvalue weighted by molar-refractivity contribution is 5.36. The van der Waals surface area contributed by atoms with Crippen LogP contribution < -0.4 is 10.6 Å². The fraction of sp³-hybridized carbons (Fsp3) is 0.500. The number of rotatable bonds is 5. The van der Waals surface area contributed by atoms with Gasteiger partial charge in [-0.2, -0.15) is 0 Å². The minimum Gasteiger partial charge on any atom is -0.370 e. The lowest BCUT2D eigenvalue weighted by Gasteiger charge is -2.22. The summed E-state index contributed by atoms with van der Waals surface area (Å²) in [4.78, 5) is 17.7. The summed E-state index contributed by atoms with van der Waals surface area (Å²) in [5.74, 6) is 2.36. The molecule has 0 bridgehead atoms. The summed E-state index contributed by atoms with van der Waals surface area (Å²) in [6.45, 7) is 4.93. The Labute approximate surface area is 130 Å². The molecule has 116 valence electrons.